The highest BCUT2D eigenvalue weighted by molar-refractivity contribution is 5.81. The molecule has 39 heavy (non-hydrogen) atoms. The molecule has 10 nitrogen and oxygen atoms in total. The number of aromatic nitrogens is 5. The molecule has 1 fully saturated rings. The van der Waals surface area contributed by atoms with Gasteiger partial charge in [-0.25, -0.2) is 32.5 Å². The zero-order valence-electron chi connectivity index (χ0n) is 20.9. The number of anilines is 2. The van der Waals surface area contributed by atoms with Crippen molar-refractivity contribution in [2.75, 3.05) is 30.8 Å². The van der Waals surface area contributed by atoms with E-state index in [9.17, 15) is 22.7 Å². The Balaban J connectivity index is 1.60. The van der Waals surface area contributed by atoms with E-state index in [0.717, 1.165) is 12.1 Å². The molecule has 3 aromatic heterocycles. The third kappa shape index (κ3) is 4.92. The minimum atomic E-state index is -3.01. The topological polar surface area (TPSA) is 141 Å². The summed E-state index contributed by atoms with van der Waals surface area (Å²) >= 11 is 0. The lowest BCUT2D eigenvalue weighted by molar-refractivity contribution is -0.0529. The smallest absolute Gasteiger partial charge is 0.265 e. The van der Waals surface area contributed by atoms with Crippen molar-refractivity contribution in [1.29, 1.82) is 0 Å². The van der Waals surface area contributed by atoms with E-state index in [4.69, 9.17) is 16.2 Å². The van der Waals surface area contributed by atoms with E-state index in [1.54, 1.807) is 15.5 Å². The molecule has 1 aliphatic heterocycles. The molecular formula is C25H26F4N8O2. The first-order chi connectivity index (χ1) is 18.6. The van der Waals surface area contributed by atoms with Gasteiger partial charge < -0.3 is 30.8 Å². The molecule has 1 aliphatic rings. The highest BCUT2D eigenvalue weighted by Crippen LogP contribution is 2.34. The van der Waals surface area contributed by atoms with Crippen molar-refractivity contribution in [2.45, 2.75) is 37.5 Å². The number of nitrogen functional groups attached to an aromatic ring is 1. The second-order valence-corrected chi connectivity index (χ2v) is 9.51. The highest BCUT2D eigenvalue weighted by Gasteiger charge is 2.43. The van der Waals surface area contributed by atoms with Gasteiger partial charge in [-0.1, -0.05) is 0 Å². The van der Waals surface area contributed by atoms with Crippen LogP contribution in [0.4, 0.5) is 29.1 Å². The number of fused-ring (bicyclic) bond motifs is 1. The molecule has 4 heterocycles. The van der Waals surface area contributed by atoms with Gasteiger partial charge in [-0.15, -0.1) is 0 Å². The first-order valence-electron chi connectivity index (χ1n) is 12.0. The third-order valence-corrected chi connectivity index (χ3v) is 6.98. The van der Waals surface area contributed by atoms with Crippen LogP contribution in [0.1, 0.15) is 18.4 Å². The molecule has 1 saturated heterocycles. The first kappa shape index (κ1) is 26.6. The normalized spacial score (nSPS) is 18.6. The summed E-state index contributed by atoms with van der Waals surface area (Å²) < 4.78 is 62.7. The summed E-state index contributed by atoms with van der Waals surface area (Å²) in [6, 6.07) is 3.50. The van der Waals surface area contributed by atoms with Gasteiger partial charge in [-0.3, -0.25) is 4.98 Å². The number of alkyl halides is 2. The number of aliphatic hydroxyl groups excluding tert-OH is 1. The molecule has 5 rings (SSSR count). The van der Waals surface area contributed by atoms with Crippen LogP contribution in [0.5, 0.6) is 5.75 Å². The predicted octanol–water partition coefficient (Wildman–Crippen LogP) is 2.73. The summed E-state index contributed by atoms with van der Waals surface area (Å²) in [6.07, 6.45) is -0.128. The number of methoxy groups -OCH3 is 1. The lowest BCUT2D eigenvalue weighted by Crippen LogP contribution is -2.63. The Hall–Kier alpha value is -4.04. The molecule has 1 aromatic carbocycles. The maximum Gasteiger partial charge on any atom is 0.265 e. The quantitative estimate of drug-likeness (QED) is 0.298. The fourth-order valence-corrected chi connectivity index (χ4v) is 4.94. The van der Waals surface area contributed by atoms with E-state index < -0.39 is 29.7 Å². The van der Waals surface area contributed by atoms with Crippen LogP contribution in [0, 0.1) is 11.6 Å². The zero-order valence-corrected chi connectivity index (χ0v) is 20.9. The number of ether oxygens (including phenoxy) is 1. The summed E-state index contributed by atoms with van der Waals surface area (Å²) in [5.41, 5.74) is 12.6. The second-order valence-electron chi connectivity index (χ2n) is 9.51. The molecule has 14 heteroatoms. The number of imidazole rings is 1. The Morgan fingerprint density at radius 2 is 1.92 bits per heavy atom. The maximum atomic E-state index is 14.9. The minimum absolute atomic E-state index is 0.0716. The van der Waals surface area contributed by atoms with Crippen LogP contribution in [-0.2, 0) is 6.54 Å². The van der Waals surface area contributed by atoms with Crippen LogP contribution in [-0.4, -0.2) is 67.9 Å². The van der Waals surface area contributed by atoms with Crippen LogP contribution in [0.2, 0.25) is 0 Å². The number of rotatable bonds is 7. The SMILES string of the molecule is COc1cc(F)c(-c2cc(Cn3cnc4c(N)ncnc43)c(N3CCC[C@](N)(C(O)C(F)F)C3)cn2)cc1F. The van der Waals surface area contributed by atoms with Crippen molar-refractivity contribution in [3.8, 4) is 17.0 Å². The van der Waals surface area contributed by atoms with E-state index in [0.29, 0.717) is 35.4 Å². The van der Waals surface area contributed by atoms with Gasteiger partial charge in [0, 0.05) is 24.7 Å². The maximum absolute atomic E-state index is 14.9. The zero-order chi connectivity index (χ0) is 27.9. The standard InChI is InChI=1S/C25H26F4N8O2/c1-39-19-7-15(26)14(6-16(19)27)17-5-13(9-37-12-35-20-23(30)33-11-34-24(20)37)18(8-32-17)36-4-2-3-25(31,10-36)21(38)22(28)29/h5-8,11-12,21-22,38H,2-4,9-10,31H2,1H3,(H2,30,33,34)/t21?,25-/m1/s1. The van der Waals surface area contributed by atoms with Crippen molar-refractivity contribution in [2.24, 2.45) is 5.73 Å². The van der Waals surface area contributed by atoms with Gasteiger partial charge in [-0.2, -0.15) is 0 Å². The summed E-state index contributed by atoms with van der Waals surface area (Å²) in [5, 5.41) is 10.1. The molecule has 5 N–H and O–H groups in total. The number of hydrogen-bond acceptors (Lipinski definition) is 9. The van der Waals surface area contributed by atoms with Gasteiger partial charge in [0.25, 0.3) is 6.43 Å². The number of benzene rings is 1. The van der Waals surface area contributed by atoms with Crippen LogP contribution < -0.4 is 21.1 Å². The number of nitrogens with two attached hydrogens (primary N) is 2. The van der Waals surface area contributed by atoms with Gasteiger partial charge in [0.1, 0.15) is 23.8 Å². The molecule has 0 saturated carbocycles. The Labute approximate surface area is 220 Å². The van der Waals surface area contributed by atoms with Gasteiger partial charge >= 0.3 is 0 Å². The summed E-state index contributed by atoms with van der Waals surface area (Å²) in [4.78, 5) is 18.6. The van der Waals surface area contributed by atoms with E-state index >= 15 is 0 Å². The molecule has 1 unspecified atom stereocenters. The summed E-state index contributed by atoms with van der Waals surface area (Å²) in [6.45, 7) is 0.523. The number of nitrogens with zero attached hydrogens (tertiary/aromatic N) is 6. The average Bonchev–Trinajstić information content (AvgIpc) is 3.33. The fourth-order valence-electron chi connectivity index (χ4n) is 4.94. The van der Waals surface area contributed by atoms with Crippen LogP contribution in [0.25, 0.3) is 22.4 Å². The summed E-state index contributed by atoms with van der Waals surface area (Å²) in [5.74, 6) is -1.57. The largest absolute Gasteiger partial charge is 0.494 e. The number of piperidine rings is 1. The Morgan fingerprint density at radius 1 is 1.13 bits per heavy atom. The number of aliphatic hydroxyl groups is 1. The number of hydrogen-bond donors (Lipinski definition) is 3. The van der Waals surface area contributed by atoms with Gasteiger partial charge in [0.05, 0.1) is 43.1 Å². The fraction of sp³-hybridized carbons (Fsp3) is 0.360. The van der Waals surface area contributed by atoms with Crippen molar-refractivity contribution in [3.05, 3.63) is 54.2 Å². The molecule has 0 radical (unpaired) electrons. The van der Waals surface area contributed by atoms with E-state index in [2.05, 4.69) is 19.9 Å². The number of pyridine rings is 1. The van der Waals surface area contributed by atoms with Gasteiger partial charge in [-0.05, 0) is 30.5 Å². The van der Waals surface area contributed by atoms with Crippen molar-refractivity contribution < 1.29 is 27.4 Å². The van der Waals surface area contributed by atoms with Crippen molar-refractivity contribution in [1.82, 2.24) is 24.5 Å². The molecule has 206 valence electrons. The first-order valence-corrected chi connectivity index (χ1v) is 12.0. The van der Waals surface area contributed by atoms with Crippen LogP contribution >= 0.6 is 0 Å². The van der Waals surface area contributed by atoms with E-state index in [-0.39, 0.29) is 42.3 Å². The highest BCUT2D eigenvalue weighted by atomic mass is 19.3. The van der Waals surface area contributed by atoms with Crippen LogP contribution in [0.3, 0.4) is 0 Å². The van der Waals surface area contributed by atoms with Crippen LogP contribution in [0.15, 0.2) is 37.1 Å². The molecule has 0 aliphatic carbocycles. The molecular weight excluding hydrogens is 520 g/mol. The molecule has 0 spiro atoms. The average molecular weight is 547 g/mol. The van der Waals surface area contributed by atoms with E-state index in [1.165, 1.54) is 26.0 Å². The minimum Gasteiger partial charge on any atom is -0.494 e. The lowest BCUT2D eigenvalue weighted by atomic mass is 9.84. The van der Waals surface area contributed by atoms with Gasteiger partial charge in [0.15, 0.2) is 23.0 Å². The third-order valence-electron chi connectivity index (χ3n) is 6.98. The van der Waals surface area contributed by atoms with Crippen molar-refractivity contribution >= 4 is 22.7 Å². The molecule has 0 amide bonds. The number of halogens is 4. The summed E-state index contributed by atoms with van der Waals surface area (Å²) in [7, 11) is 1.23. The molecule has 2 atom stereocenters. The Bertz CT molecular complexity index is 1520. The predicted molar refractivity (Wildman–Crippen MR) is 135 cm³/mol. The molecule has 4 aromatic rings. The second kappa shape index (κ2) is 10.3. The van der Waals surface area contributed by atoms with Crippen molar-refractivity contribution in [3.63, 3.8) is 0 Å². The lowest BCUT2D eigenvalue weighted by Gasteiger charge is -2.44. The Kier molecular flexibility index (Phi) is 6.99. The van der Waals surface area contributed by atoms with E-state index in [1.807, 2.05) is 0 Å². The molecule has 0 bridgehead atoms. The Morgan fingerprint density at radius 3 is 2.67 bits per heavy atom. The van der Waals surface area contributed by atoms with Gasteiger partial charge in [0.2, 0.25) is 0 Å². The monoisotopic (exact) mass is 546 g/mol.